The number of rotatable bonds is 2. The van der Waals surface area contributed by atoms with Gasteiger partial charge in [0, 0.05) is 22.7 Å². The first-order valence-electron chi connectivity index (χ1n) is 9.19. The number of hydrogen-bond acceptors (Lipinski definition) is 6. The minimum Gasteiger partial charge on any atom is -0.507 e. The lowest BCUT2D eigenvalue weighted by atomic mass is 9.78. The molecule has 1 saturated heterocycles. The van der Waals surface area contributed by atoms with Crippen LogP contribution in [0.1, 0.15) is 69.2 Å². The molecule has 1 aliphatic rings. The quantitative estimate of drug-likeness (QED) is 0.604. The van der Waals surface area contributed by atoms with Crippen molar-refractivity contribution in [3.63, 3.8) is 0 Å². The smallest absolute Gasteiger partial charge is 0.186 e. The fraction of sp³-hybridized carbons (Fsp3) is 0.409. The Hall–Kier alpha value is -1.92. The van der Waals surface area contributed by atoms with Crippen molar-refractivity contribution < 1.29 is 9.90 Å². The van der Waals surface area contributed by atoms with E-state index in [4.69, 9.17) is 5.41 Å². The van der Waals surface area contributed by atoms with E-state index in [1.165, 1.54) is 23.1 Å². The molecule has 1 atom stereocenters. The second kappa shape index (κ2) is 7.16. The van der Waals surface area contributed by atoms with E-state index in [0.717, 1.165) is 16.7 Å². The van der Waals surface area contributed by atoms with Gasteiger partial charge in [0.25, 0.3) is 0 Å². The Bertz CT molecular complexity index is 926. The zero-order valence-corrected chi connectivity index (χ0v) is 18.7. The normalized spacial score (nSPS) is 19.6. The first-order valence-corrected chi connectivity index (χ1v) is 10.9. The number of thioether (sulfide) groups is 1. The van der Waals surface area contributed by atoms with E-state index in [1.54, 1.807) is 6.20 Å². The van der Waals surface area contributed by atoms with Crippen molar-refractivity contribution in [3.05, 3.63) is 50.3 Å². The van der Waals surface area contributed by atoms with Gasteiger partial charge in [-0.05, 0) is 34.6 Å². The molecule has 1 aliphatic heterocycles. The van der Waals surface area contributed by atoms with Gasteiger partial charge in [-0.15, -0.1) is 11.3 Å². The summed E-state index contributed by atoms with van der Waals surface area (Å²) in [6.07, 6.45) is 3.51. The van der Waals surface area contributed by atoms with Crippen LogP contribution in [-0.4, -0.2) is 20.9 Å². The largest absolute Gasteiger partial charge is 0.507 e. The molecule has 1 fully saturated rings. The number of phenolic OH excluding ortho intramolecular Hbond substituents is 1. The number of carbonyl (C=O) groups excluding carboxylic acids is 1. The molecule has 1 aromatic heterocycles. The van der Waals surface area contributed by atoms with Gasteiger partial charge >= 0.3 is 0 Å². The van der Waals surface area contributed by atoms with Crippen molar-refractivity contribution in [3.8, 4) is 5.75 Å². The molecular formula is C22H26N2O2S2. The molecule has 0 amide bonds. The van der Waals surface area contributed by atoms with Crippen molar-refractivity contribution in [2.45, 2.75) is 58.3 Å². The number of nitrogens with zero attached hydrogens (tertiary/aromatic N) is 1. The summed E-state index contributed by atoms with van der Waals surface area (Å²) >= 11 is 2.61. The van der Waals surface area contributed by atoms with Crippen molar-refractivity contribution >= 4 is 40.0 Å². The molecule has 0 aliphatic carbocycles. The van der Waals surface area contributed by atoms with E-state index in [1.807, 2.05) is 23.6 Å². The Morgan fingerprint density at radius 3 is 2.14 bits per heavy atom. The van der Waals surface area contributed by atoms with Crippen LogP contribution in [0.2, 0.25) is 0 Å². The van der Waals surface area contributed by atoms with Crippen LogP contribution in [0, 0.1) is 5.41 Å². The predicted octanol–water partition coefficient (Wildman–Crippen LogP) is 5.86. The molecular weight excluding hydrogens is 388 g/mol. The summed E-state index contributed by atoms with van der Waals surface area (Å²) in [4.78, 5) is 17.7. The maximum Gasteiger partial charge on any atom is 0.186 e. The van der Waals surface area contributed by atoms with Gasteiger partial charge in [0.05, 0.1) is 9.95 Å². The number of hydrogen-bond donors (Lipinski definition) is 2. The summed E-state index contributed by atoms with van der Waals surface area (Å²) < 4.78 is 0. The number of allylic oxidation sites excluding steroid dienone is 1. The van der Waals surface area contributed by atoms with E-state index in [9.17, 15) is 9.90 Å². The number of nitrogens with one attached hydrogen (secondary N) is 1. The SMILES string of the molecule is CC(C)(C)c1cc(/C=C2\SC(=N)[C@@H](c3nccs3)C2=O)cc(C(C)(C)C)c1O. The van der Waals surface area contributed by atoms with Gasteiger partial charge in [-0.1, -0.05) is 53.3 Å². The summed E-state index contributed by atoms with van der Waals surface area (Å²) in [5, 5.41) is 21.9. The van der Waals surface area contributed by atoms with Crippen LogP contribution < -0.4 is 0 Å². The van der Waals surface area contributed by atoms with Crippen molar-refractivity contribution in [2.75, 3.05) is 0 Å². The third-order valence-electron chi connectivity index (χ3n) is 4.73. The number of phenols is 1. The Balaban J connectivity index is 2.09. The van der Waals surface area contributed by atoms with E-state index in [2.05, 4.69) is 46.5 Å². The lowest BCUT2D eigenvalue weighted by Crippen LogP contribution is -2.17. The highest BCUT2D eigenvalue weighted by Gasteiger charge is 2.38. The van der Waals surface area contributed by atoms with Crippen LogP contribution in [0.25, 0.3) is 6.08 Å². The first kappa shape index (κ1) is 20.8. The van der Waals surface area contributed by atoms with Crippen LogP contribution in [0.5, 0.6) is 5.75 Å². The topological polar surface area (TPSA) is 74.0 Å². The van der Waals surface area contributed by atoms with Crippen LogP contribution in [0.3, 0.4) is 0 Å². The maximum atomic E-state index is 12.9. The molecule has 4 nitrogen and oxygen atoms in total. The molecule has 2 heterocycles. The summed E-state index contributed by atoms with van der Waals surface area (Å²) in [6.45, 7) is 12.4. The number of carbonyl (C=O) groups is 1. The molecule has 0 unspecified atom stereocenters. The summed E-state index contributed by atoms with van der Waals surface area (Å²) in [7, 11) is 0. The number of benzene rings is 1. The molecule has 2 aromatic rings. The predicted molar refractivity (Wildman–Crippen MR) is 119 cm³/mol. The Kier molecular flexibility index (Phi) is 5.32. The minimum absolute atomic E-state index is 0.0763. The zero-order chi connectivity index (χ0) is 20.9. The fourth-order valence-electron chi connectivity index (χ4n) is 3.23. The number of thiazole rings is 1. The monoisotopic (exact) mass is 414 g/mol. The second-order valence-electron chi connectivity index (χ2n) is 9.11. The molecule has 3 rings (SSSR count). The van der Waals surface area contributed by atoms with Crippen molar-refractivity contribution in [2.24, 2.45) is 0 Å². The summed E-state index contributed by atoms with van der Waals surface area (Å²) in [5.41, 5.74) is 2.11. The average molecular weight is 415 g/mol. The Labute approximate surface area is 174 Å². The van der Waals surface area contributed by atoms with E-state index < -0.39 is 5.92 Å². The van der Waals surface area contributed by atoms with Crippen LogP contribution in [0.15, 0.2) is 28.6 Å². The minimum atomic E-state index is -0.586. The molecule has 1 aromatic carbocycles. The average Bonchev–Trinajstić information content (AvgIpc) is 3.15. The van der Waals surface area contributed by atoms with Crippen LogP contribution in [-0.2, 0) is 15.6 Å². The second-order valence-corrected chi connectivity index (χ2v) is 11.1. The number of aromatic nitrogens is 1. The van der Waals surface area contributed by atoms with Gasteiger partial charge in [0.1, 0.15) is 16.7 Å². The standard InChI is InChI=1S/C22H26N2O2S2/c1-21(2,3)13-9-12(10-14(17(13)25)22(4,5)6)11-15-18(26)16(19(23)28-15)20-24-7-8-27-20/h7-11,16,23,25H,1-6H3/b15-11-,23-19?/t16-/m0/s1. The number of ketones is 1. The third-order valence-corrected chi connectivity index (χ3v) is 6.57. The lowest BCUT2D eigenvalue weighted by molar-refractivity contribution is -0.114. The molecule has 2 N–H and O–H groups in total. The van der Waals surface area contributed by atoms with Crippen LogP contribution in [0.4, 0.5) is 0 Å². The third kappa shape index (κ3) is 3.94. The molecule has 0 radical (unpaired) electrons. The van der Waals surface area contributed by atoms with Gasteiger partial charge < -0.3 is 5.11 Å². The highest BCUT2D eigenvalue weighted by Crippen LogP contribution is 2.43. The molecule has 0 spiro atoms. The molecule has 6 heteroatoms. The number of aromatic hydroxyl groups is 1. The lowest BCUT2D eigenvalue weighted by Gasteiger charge is -2.28. The van der Waals surface area contributed by atoms with E-state index >= 15 is 0 Å². The van der Waals surface area contributed by atoms with E-state index in [0.29, 0.717) is 20.7 Å². The molecule has 0 saturated carbocycles. The van der Waals surface area contributed by atoms with Gasteiger partial charge in [-0.3, -0.25) is 10.2 Å². The van der Waals surface area contributed by atoms with Gasteiger partial charge in [-0.25, -0.2) is 4.98 Å². The van der Waals surface area contributed by atoms with Gasteiger partial charge in [-0.2, -0.15) is 0 Å². The first-order chi connectivity index (χ1) is 12.9. The molecule has 0 bridgehead atoms. The maximum absolute atomic E-state index is 12.9. The Morgan fingerprint density at radius 2 is 1.68 bits per heavy atom. The van der Waals surface area contributed by atoms with Crippen molar-refractivity contribution in [1.29, 1.82) is 5.41 Å². The summed E-state index contributed by atoms with van der Waals surface area (Å²) in [5.74, 6) is -0.342. The van der Waals surface area contributed by atoms with Gasteiger partial charge in [0.2, 0.25) is 0 Å². The number of Topliss-reactive ketones (excluding diaryl/α,β-unsaturated/α-hetero) is 1. The van der Waals surface area contributed by atoms with E-state index in [-0.39, 0.29) is 16.6 Å². The summed E-state index contributed by atoms with van der Waals surface area (Å²) in [6, 6.07) is 3.90. The van der Waals surface area contributed by atoms with Crippen molar-refractivity contribution in [1.82, 2.24) is 4.98 Å². The Morgan fingerprint density at radius 1 is 1.11 bits per heavy atom. The zero-order valence-electron chi connectivity index (χ0n) is 17.1. The fourth-order valence-corrected chi connectivity index (χ4v) is 5.03. The molecule has 28 heavy (non-hydrogen) atoms. The highest BCUT2D eigenvalue weighted by atomic mass is 32.2. The van der Waals surface area contributed by atoms with Crippen LogP contribution >= 0.6 is 23.1 Å². The molecule has 148 valence electrons. The van der Waals surface area contributed by atoms with Gasteiger partial charge in [0.15, 0.2) is 5.78 Å². The highest BCUT2D eigenvalue weighted by molar-refractivity contribution is 8.19.